The van der Waals surface area contributed by atoms with Crippen LogP contribution in [0.2, 0.25) is 0 Å². The van der Waals surface area contributed by atoms with Crippen molar-refractivity contribution in [3.8, 4) is 5.75 Å². The lowest BCUT2D eigenvalue weighted by Crippen LogP contribution is -2.34. The van der Waals surface area contributed by atoms with Gasteiger partial charge >= 0.3 is 6.36 Å². The average molecular weight is 425 g/mol. The Bertz CT molecular complexity index is 903. The average Bonchev–Trinajstić information content (AvgIpc) is 2.89. The number of carbonyl (C=O) groups excluding carboxylic acids is 2. The first-order valence-corrected chi connectivity index (χ1v) is 9.43. The van der Waals surface area contributed by atoms with Crippen molar-refractivity contribution in [3.05, 3.63) is 47.3 Å². The second-order valence-corrected chi connectivity index (χ2v) is 7.46. The molecule has 0 fully saturated rings. The lowest BCUT2D eigenvalue weighted by Gasteiger charge is -2.16. The van der Waals surface area contributed by atoms with Crippen LogP contribution in [0.4, 0.5) is 18.9 Å². The number of benzene rings is 1. The van der Waals surface area contributed by atoms with Gasteiger partial charge in [-0.15, -0.1) is 13.2 Å². The molecule has 1 N–H and O–H groups in total. The summed E-state index contributed by atoms with van der Waals surface area (Å²) in [5, 5.41) is 2.58. The van der Waals surface area contributed by atoms with E-state index in [-0.39, 0.29) is 36.6 Å². The molecule has 0 bridgehead atoms. The van der Waals surface area contributed by atoms with Crippen molar-refractivity contribution in [1.82, 2.24) is 9.47 Å². The third-order valence-corrected chi connectivity index (χ3v) is 4.50. The van der Waals surface area contributed by atoms with Crippen LogP contribution >= 0.6 is 0 Å². The minimum Gasteiger partial charge on any atom is -0.406 e. The molecule has 30 heavy (non-hydrogen) atoms. The quantitative estimate of drug-likeness (QED) is 0.639. The highest BCUT2D eigenvalue weighted by molar-refractivity contribution is 5.99. The fourth-order valence-corrected chi connectivity index (χ4v) is 3.43. The van der Waals surface area contributed by atoms with Crippen LogP contribution in [-0.2, 0) is 4.79 Å². The third kappa shape index (κ3) is 6.35. The summed E-state index contributed by atoms with van der Waals surface area (Å²) < 4.78 is 42.4. The summed E-state index contributed by atoms with van der Waals surface area (Å²) in [5.74, 6) is -0.844. The molecular formula is C21H26F3N3O3. The largest absolute Gasteiger partial charge is 0.573 e. The van der Waals surface area contributed by atoms with Gasteiger partial charge in [-0.25, -0.2) is 0 Å². The predicted octanol–water partition coefficient (Wildman–Crippen LogP) is 4.34. The van der Waals surface area contributed by atoms with Crippen molar-refractivity contribution in [2.24, 2.45) is 0 Å². The Morgan fingerprint density at radius 3 is 2.23 bits per heavy atom. The predicted molar refractivity (Wildman–Crippen MR) is 108 cm³/mol. The Balaban J connectivity index is 1.92. The van der Waals surface area contributed by atoms with Crippen molar-refractivity contribution in [2.45, 2.75) is 40.1 Å². The van der Waals surface area contributed by atoms with Crippen LogP contribution in [0.3, 0.4) is 0 Å². The molecule has 0 radical (unpaired) electrons. The van der Waals surface area contributed by atoms with Crippen LogP contribution in [0, 0.1) is 13.8 Å². The number of hydrogen-bond acceptors (Lipinski definition) is 4. The number of ketones is 1. The second-order valence-electron chi connectivity index (χ2n) is 7.46. The number of Topliss-reactive ketones (excluding diaryl/α,β-unsaturated/α-hetero) is 1. The van der Waals surface area contributed by atoms with Gasteiger partial charge in [-0.2, -0.15) is 0 Å². The number of anilines is 1. The molecule has 1 aromatic carbocycles. The zero-order valence-corrected chi connectivity index (χ0v) is 17.6. The molecule has 0 aliphatic carbocycles. The smallest absolute Gasteiger partial charge is 0.406 e. The topological polar surface area (TPSA) is 63.6 Å². The standard InChI is InChI=1S/C21H26F3N3O3/c1-13(2)27-14(3)10-18(15(27)4)19(28)11-26(5)12-20(29)25-16-6-8-17(9-7-16)30-21(22,23)24/h6-10,13H,11-12H2,1-5H3,(H,25,29). The number of amides is 1. The number of aryl methyl sites for hydroxylation is 1. The van der Waals surface area contributed by atoms with E-state index in [1.165, 1.54) is 12.1 Å². The number of nitrogens with one attached hydrogen (secondary N) is 1. The maximum Gasteiger partial charge on any atom is 0.573 e. The number of carbonyl (C=O) groups is 2. The molecule has 2 rings (SSSR count). The van der Waals surface area contributed by atoms with Gasteiger partial charge in [-0.3, -0.25) is 14.5 Å². The molecule has 0 saturated carbocycles. The number of halogens is 3. The van der Waals surface area contributed by atoms with Gasteiger partial charge in [-0.05, 0) is 65.1 Å². The summed E-state index contributed by atoms with van der Waals surface area (Å²) in [6.07, 6.45) is -4.77. The summed E-state index contributed by atoms with van der Waals surface area (Å²) in [5.41, 5.74) is 2.86. The molecule has 1 heterocycles. The summed E-state index contributed by atoms with van der Waals surface area (Å²) in [4.78, 5) is 26.4. The molecule has 6 nitrogen and oxygen atoms in total. The van der Waals surface area contributed by atoms with E-state index in [2.05, 4.69) is 14.6 Å². The Kier molecular flexibility index (Phi) is 7.30. The van der Waals surface area contributed by atoms with Crippen LogP contribution in [-0.4, -0.2) is 47.7 Å². The zero-order chi connectivity index (χ0) is 22.6. The number of aromatic nitrogens is 1. The lowest BCUT2D eigenvalue weighted by molar-refractivity contribution is -0.274. The van der Waals surface area contributed by atoms with Gasteiger partial charge in [-0.1, -0.05) is 0 Å². The van der Waals surface area contributed by atoms with Crippen LogP contribution < -0.4 is 10.1 Å². The number of likely N-dealkylation sites (N-methyl/N-ethyl adjacent to an activating group) is 1. The van der Waals surface area contributed by atoms with Crippen molar-refractivity contribution >= 4 is 17.4 Å². The number of ether oxygens (including phenoxy) is 1. The van der Waals surface area contributed by atoms with E-state index in [9.17, 15) is 22.8 Å². The molecule has 2 aromatic rings. The van der Waals surface area contributed by atoms with E-state index >= 15 is 0 Å². The fourth-order valence-electron chi connectivity index (χ4n) is 3.43. The van der Waals surface area contributed by atoms with Gasteiger partial charge in [0, 0.05) is 28.7 Å². The number of hydrogen-bond donors (Lipinski definition) is 1. The first-order chi connectivity index (χ1) is 13.9. The molecule has 0 saturated heterocycles. The van der Waals surface area contributed by atoms with Gasteiger partial charge in [0.2, 0.25) is 5.91 Å². The molecule has 0 aliphatic heterocycles. The zero-order valence-electron chi connectivity index (χ0n) is 17.6. The van der Waals surface area contributed by atoms with Crippen LogP contribution in [0.1, 0.15) is 41.6 Å². The fraction of sp³-hybridized carbons (Fsp3) is 0.429. The number of alkyl halides is 3. The molecule has 1 amide bonds. The SMILES string of the molecule is Cc1cc(C(=O)CN(C)CC(=O)Nc2ccc(OC(F)(F)F)cc2)c(C)n1C(C)C. The van der Waals surface area contributed by atoms with Gasteiger partial charge in [0.25, 0.3) is 0 Å². The van der Waals surface area contributed by atoms with Crippen LogP contribution in [0.5, 0.6) is 5.75 Å². The summed E-state index contributed by atoms with van der Waals surface area (Å²) in [6.45, 7) is 7.97. The summed E-state index contributed by atoms with van der Waals surface area (Å²) >= 11 is 0. The van der Waals surface area contributed by atoms with Crippen LogP contribution in [0.25, 0.3) is 0 Å². The molecule has 0 aliphatic rings. The first-order valence-electron chi connectivity index (χ1n) is 9.43. The van der Waals surface area contributed by atoms with E-state index in [4.69, 9.17) is 0 Å². The maximum atomic E-state index is 12.7. The summed E-state index contributed by atoms with van der Waals surface area (Å²) in [7, 11) is 1.65. The maximum absolute atomic E-state index is 12.7. The van der Waals surface area contributed by atoms with Crippen molar-refractivity contribution < 1.29 is 27.5 Å². The number of rotatable bonds is 8. The highest BCUT2D eigenvalue weighted by Gasteiger charge is 2.31. The van der Waals surface area contributed by atoms with E-state index in [0.29, 0.717) is 11.3 Å². The monoisotopic (exact) mass is 425 g/mol. The van der Waals surface area contributed by atoms with Gasteiger partial charge < -0.3 is 14.6 Å². The Morgan fingerprint density at radius 1 is 1.13 bits per heavy atom. The van der Waals surface area contributed by atoms with Gasteiger partial charge in [0.1, 0.15) is 5.75 Å². The minimum atomic E-state index is -4.77. The Labute approximate surface area is 173 Å². The van der Waals surface area contributed by atoms with Crippen molar-refractivity contribution in [1.29, 1.82) is 0 Å². The highest BCUT2D eigenvalue weighted by atomic mass is 19.4. The van der Waals surface area contributed by atoms with E-state index < -0.39 is 6.36 Å². The Morgan fingerprint density at radius 2 is 1.73 bits per heavy atom. The van der Waals surface area contributed by atoms with Crippen molar-refractivity contribution in [3.63, 3.8) is 0 Å². The number of nitrogens with zero attached hydrogens (tertiary/aromatic N) is 2. The molecule has 0 atom stereocenters. The molecule has 164 valence electrons. The van der Waals surface area contributed by atoms with E-state index in [0.717, 1.165) is 23.5 Å². The van der Waals surface area contributed by atoms with E-state index in [1.54, 1.807) is 11.9 Å². The van der Waals surface area contributed by atoms with Gasteiger partial charge in [0.05, 0.1) is 13.1 Å². The normalized spacial score (nSPS) is 11.8. The second kappa shape index (κ2) is 9.34. The minimum absolute atomic E-state index is 0.0462. The molecular weight excluding hydrogens is 399 g/mol. The molecule has 1 aromatic heterocycles. The van der Waals surface area contributed by atoms with Crippen molar-refractivity contribution in [2.75, 3.05) is 25.5 Å². The summed E-state index contributed by atoms with van der Waals surface area (Å²) in [6, 6.07) is 6.94. The molecule has 0 unspecified atom stereocenters. The van der Waals surface area contributed by atoms with E-state index in [1.807, 2.05) is 33.8 Å². The Hall–Kier alpha value is -2.81. The van der Waals surface area contributed by atoms with Crippen LogP contribution in [0.15, 0.2) is 30.3 Å². The highest BCUT2D eigenvalue weighted by Crippen LogP contribution is 2.24. The van der Waals surface area contributed by atoms with Gasteiger partial charge in [0.15, 0.2) is 5.78 Å². The first kappa shape index (κ1) is 23.5. The lowest BCUT2D eigenvalue weighted by atomic mass is 10.1. The molecule has 0 spiro atoms. The molecule has 9 heteroatoms. The third-order valence-electron chi connectivity index (χ3n) is 4.50.